The lowest BCUT2D eigenvalue weighted by Gasteiger charge is -2.50. The number of methoxy groups -OCH3 is 1. The lowest BCUT2D eigenvalue weighted by molar-refractivity contribution is -0.173. The molecule has 6 unspecified atom stereocenters. The van der Waals surface area contributed by atoms with Crippen molar-refractivity contribution in [1.82, 2.24) is 9.96 Å². The van der Waals surface area contributed by atoms with Gasteiger partial charge < -0.3 is 9.84 Å². The fraction of sp³-hybridized carbons (Fsp3) is 0.455. The number of alkyl halides is 2. The number of amides is 4. The molecule has 0 aromatic heterocycles. The van der Waals surface area contributed by atoms with Crippen LogP contribution in [0, 0.1) is 17.8 Å². The second-order valence-corrected chi connectivity index (χ2v) is 10.7. The maximum Gasteiger partial charge on any atom is 0.257 e. The first-order valence-electron chi connectivity index (χ1n) is 10.4. The summed E-state index contributed by atoms with van der Waals surface area (Å²) < 4.78 is 5.22. The average molecular weight is 530 g/mol. The quantitative estimate of drug-likeness (QED) is 0.261. The molecule has 3 fully saturated rings. The molecule has 0 spiro atoms. The third kappa shape index (κ3) is 2.61. The van der Waals surface area contributed by atoms with Crippen molar-refractivity contribution in [1.29, 1.82) is 0 Å². The number of rotatable bonds is 2. The zero-order valence-corrected chi connectivity index (χ0v) is 20.2. The molecule has 4 aliphatic rings. The molecule has 2 aliphatic heterocycles. The van der Waals surface area contributed by atoms with Gasteiger partial charge in [0.1, 0.15) is 0 Å². The van der Waals surface area contributed by atoms with Crippen LogP contribution in [0.4, 0.5) is 0 Å². The molecule has 0 bridgehead atoms. The molecule has 1 aromatic rings. The van der Waals surface area contributed by atoms with E-state index in [9.17, 15) is 29.5 Å². The number of fused-ring (bicyclic) bond motifs is 4. The summed E-state index contributed by atoms with van der Waals surface area (Å²) in [6.07, 6.45) is 1.65. The molecule has 4 amide bonds. The molecule has 34 heavy (non-hydrogen) atoms. The van der Waals surface area contributed by atoms with Crippen molar-refractivity contribution in [2.24, 2.45) is 17.8 Å². The SMILES string of the molecule is COc1cc(C2C3=CCC4C(=O)N(O)C(=O)C4C3CC3(Cl)C(=O)N(C)C(=O)C23Cl)cc(Cl)c1O. The van der Waals surface area contributed by atoms with Crippen molar-refractivity contribution in [2.45, 2.75) is 28.5 Å². The van der Waals surface area contributed by atoms with Gasteiger partial charge in [-0.1, -0.05) is 23.3 Å². The van der Waals surface area contributed by atoms with E-state index in [0.29, 0.717) is 11.1 Å². The summed E-state index contributed by atoms with van der Waals surface area (Å²) in [5.41, 5.74) is 0.868. The minimum Gasteiger partial charge on any atom is -0.503 e. The molecule has 1 saturated carbocycles. The number of phenols is 1. The van der Waals surface area contributed by atoms with E-state index in [0.717, 1.165) is 4.90 Å². The van der Waals surface area contributed by atoms with Crippen LogP contribution in [0.5, 0.6) is 11.5 Å². The number of phenolic OH excluding ortho intramolecular Hbond substituents is 1. The van der Waals surface area contributed by atoms with Gasteiger partial charge in [0.05, 0.1) is 24.0 Å². The number of ether oxygens (including phenoxy) is 1. The molecular formula is C22H19Cl3N2O7. The number of carbonyl (C=O) groups excluding carboxylic acids is 4. The summed E-state index contributed by atoms with van der Waals surface area (Å²) in [5, 5.41) is 20.3. The fourth-order valence-electron chi connectivity index (χ4n) is 6.02. The van der Waals surface area contributed by atoms with E-state index >= 15 is 0 Å². The third-order valence-corrected chi connectivity index (χ3v) is 9.30. The van der Waals surface area contributed by atoms with Crippen LogP contribution >= 0.6 is 34.8 Å². The van der Waals surface area contributed by atoms with Crippen LogP contribution in [0.1, 0.15) is 24.3 Å². The largest absolute Gasteiger partial charge is 0.503 e. The van der Waals surface area contributed by atoms with Gasteiger partial charge in [-0.15, -0.1) is 23.2 Å². The van der Waals surface area contributed by atoms with E-state index in [2.05, 4.69) is 0 Å². The van der Waals surface area contributed by atoms with E-state index in [1.54, 1.807) is 6.08 Å². The van der Waals surface area contributed by atoms with Gasteiger partial charge in [0.25, 0.3) is 23.6 Å². The molecule has 5 rings (SSSR count). The second-order valence-electron chi connectivity index (χ2n) is 9.04. The van der Waals surface area contributed by atoms with Gasteiger partial charge in [-0.2, -0.15) is 5.06 Å². The first-order chi connectivity index (χ1) is 15.9. The van der Waals surface area contributed by atoms with Crippen LogP contribution in [0.15, 0.2) is 23.8 Å². The molecule has 2 saturated heterocycles. The number of hydrogen-bond acceptors (Lipinski definition) is 7. The van der Waals surface area contributed by atoms with Gasteiger partial charge in [-0.05, 0) is 36.5 Å². The van der Waals surface area contributed by atoms with E-state index in [1.807, 2.05) is 0 Å². The Morgan fingerprint density at radius 3 is 2.41 bits per heavy atom. The number of halogens is 3. The van der Waals surface area contributed by atoms with E-state index in [-0.39, 0.29) is 34.4 Å². The monoisotopic (exact) mass is 528 g/mol. The number of carbonyl (C=O) groups is 4. The Balaban J connectivity index is 1.78. The van der Waals surface area contributed by atoms with Gasteiger partial charge in [-0.3, -0.25) is 29.3 Å². The van der Waals surface area contributed by atoms with Crippen LogP contribution in [0.25, 0.3) is 0 Å². The van der Waals surface area contributed by atoms with Crippen LogP contribution in [-0.4, -0.2) is 67.8 Å². The Hall–Kier alpha value is -2.33. The molecule has 0 radical (unpaired) electrons. The van der Waals surface area contributed by atoms with Gasteiger partial charge in [0, 0.05) is 13.0 Å². The third-order valence-electron chi connectivity index (χ3n) is 7.60. The van der Waals surface area contributed by atoms with Gasteiger partial charge in [0.15, 0.2) is 21.2 Å². The Kier molecular flexibility index (Phi) is 5.05. The number of hydrogen-bond donors (Lipinski definition) is 2. The first kappa shape index (κ1) is 23.4. The zero-order chi connectivity index (χ0) is 24.9. The summed E-state index contributed by atoms with van der Waals surface area (Å²) in [7, 11) is 2.60. The number of allylic oxidation sites excluding steroid dienone is 2. The number of nitrogens with zero attached hydrogens (tertiary/aromatic N) is 2. The molecule has 180 valence electrons. The number of imide groups is 2. The van der Waals surface area contributed by atoms with Gasteiger partial charge in [0.2, 0.25) is 0 Å². The van der Waals surface area contributed by atoms with Crippen molar-refractivity contribution in [3.05, 3.63) is 34.4 Å². The molecule has 2 aliphatic carbocycles. The normalized spacial score (nSPS) is 36.9. The van der Waals surface area contributed by atoms with Gasteiger partial charge in [-0.25, -0.2) is 0 Å². The molecule has 1 aromatic carbocycles. The highest BCUT2D eigenvalue weighted by Gasteiger charge is 2.75. The molecule has 2 heterocycles. The Morgan fingerprint density at radius 2 is 1.76 bits per heavy atom. The van der Waals surface area contributed by atoms with Crippen LogP contribution < -0.4 is 4.74 Å². The number of benzene rings is 1. The number of likely N-dealkylation sites (tertiary alicyclic amines) is 1. The molecule has 9 nitrogen and oxygen atoms in total. The number of hydroxylamine groups is 2. The summed E-state index contributed by atoms with van der Waals surface area (Å²) >= 11 is 20.2. The summed E-state index contributed by atoms with van der Waals surface area (Å²) in [6, 6.07) is 2.84. The van der Waals surface area contributed by atoms with Crippen LogP contribution in [-0.2, 0) is 19.2 Å². The average Bonchev–Trinajstić information content (AvgIpc) is 3.10. The Morgan fingerprint density at radius 1 is 1.09 bits per heavy atom. The summed E-state index contributed by atoms with van der Waals surface area (Å²) in [6.45, 7) is 0. The lowest BCUT2D eigenvalue weighted by atomic mass is 9.56. The zero-order valence-electron chi connectivity index (χ0n) is 17.9. The van der Waals surface area contributed by atoms with E-state index in [1.165, 1.54) is 26.3 Å². The summed E-state index contributed by atoms with van der Waals surface area (Å²) in [4.78, 5) is 48.9. The van der Waals surface area contributed by atoms with Crippen LogP contribution in [0.2, 0.25) is 5.02 Å². The van der Waals surface area contributed by atoms with E-state index in [4.69, 9.17) is 39.5 Å². The van der Waals surface area contributed by atoms with Crippen molar-refractivity contribution in [3.8, 4) is 11.5 Å². The Bertz CT molecular complexity index is 1220. The molecule has 12 heteroatoms. The predicted octanol–water partition coefficient (Wildman–Crippen LogP) is 2.43. The van der Waals surface area contributed by atoms with Gasteiger partial charge >= 0.3 is 0 Å². The molecule has 2 N–H and O–H groups in total. The second kappa shape index (κ2) is 7.34. The van der Waals surface area contributed by atoms with Crippen molar-refractivity contribution in [2.75, 3.05) is 14.2 Å². The highest BCUT2D eigenvalue weighted by Crippen LogP contribution is 2.65. The smallest absolute Gasteiger partial charge is 0.257 e. The van der Waals surface area contributed by atoms with Crippen LogP contribution in [0.3, 0.4) is 0 Å². The topological polar surface area (TPSA) is 124 Å². The maximum atomic E-state index is 13.4. The highest BCUT2D eigenvalue weighted by atomic mass is 35.5. The lowest BCUT2D eigenvalue weighted by Crippen LogP contribution is -2.60. The maximum absolute atomic E-state index is 13.4. The predicted molar refractivity (Wildman–Crippen MR) is 119 cm³/mol. The van der Waals surface area contributed by atoms with E-state index < -0.39 is 57.0 Å². The molecular weight excluding hydrogens is 511 g/mol. The highest BCUT2D eigenvalue weighted by molar-refractivity contribution is 6.53. The van der Waals surface area contributed by atoms with Crippen molar-refractivity contribution < 1.29 is 34.2 Å². The first-order valence-corrected chi connectivity index (χ1v) is 11.6. The Labute approximate surface area is 208 Å². The molecule has 6 atom stereocenters. The minimum absolute atomic E-state index is 0.0122. The minimum atomic E-state index is -1.98. The number of aromatic hydroxyl groups is 1. The standard InChI is InChI=1S/C22H19Cl3N2O7/c1-26-19(31)21(24)7-11-9(3-4-10-14(11)18(30)27(33)17(10)29)15(22(21,25)20(26)32)8-5-12(23)16(28)13(6-8)34-2/h3,5-6,10-11,14-15,28,33H,4,7H2,1-2H3. The van der Waals surface area contributed by atoms with Crippen molar-refractivity contribution in [3.63, 3.8) is 0 Å². The summed E-state index contributed by atoms with van der Waals surface area (Å²) in [5.74, 6) is -6.88. The van der Waals surface area contributed by atoms with Crippen molar-refractivity contribution >= 4 is 58.4 Å². The fourth-order valence-corrected chi connectivity index (χ4v) is 7.26.